The Labute approximate surface area is 117 Å². The van der Waals surface area contributed by atoms with E-state index >= 15 is 0 Å². The number of hydrogen-bond acceptors (Lipinski definition) is 5. The first-order valence-corrected chi connectivity index (χ1v) is 6.67. The summed E-state index contributed by atoms with van der Waals surface area (Å²) in [5.41, 5.74) is 0.811. The van der Waals surface area contributed by atoms with Gasteiger partial charge in [-0.1, -0.05) is 13.8 Å². The molecule has 7 nitrogen and oxygen atoms in total. The van der Waals surface area contributed by atoms with Crippen LogP contribution in [0.2, 0.25) is 0 Å². The number of aromatic nitrogens is 4. The smallest absolute Gasteiger partial charge is 0.216 e. The van der Waals surface area contributed by atoms with Crippen LogP contribution in [-0.2, 0) is 11.8 Å². The van der Waals surface area contributed by atoms with Crippen molar-refractivity contribution in [3.05, 3.63) is 12.0 Å². The van der Waals surface area contributed by atoms with E-state index in [9.17, 15) is 4.79 Å². The molecule has 0 aliphatic rings. The topological polar surface area (TPSA) is 84.7 Å². The molecule has 0 aliphatic heterocycles. The standard InChI is InChI=1S/C13H20N6O/c1-8(2)11-17-12(15-6-5-14-9(3)20)10-7-16-19(4)13(10)18-11/h7-8H,5-6H2,1-4H3,(H,14,20)(H,15,17,18). The van der Waals surface area contributed by atoms with Crippen LogP contribution in [0.5, 0.6) is 0 Å². The first-order valence-electron chi connectivity index (χ1n) is 6.67. The van der Waals surface area contributed by atoms with Crippen molar-refractivity contribution < 1.29 is 4.79 Å². The third-order valence-corrected chi connectivity index (χ3v) is 2.92. The van der Waals surface area contributed by atoms with E-state index in [1.54, 1.807) is 10.9 Å². The van der Waals surface area contributed by atoms with Gasteiger partial charge in [-0.05, 0) is 0 Å². The largest absolute Gasteiger partial charge is 0.368 e. The molecule has 0 fully saturated rings. The summed E-state index contributed by atoms with van der Waals surface area (Å²) in [6.45, 7) is 6.77. The second kappa shape index (κ2) is 5.85. The van der Waals surface area contributed by atoms with Crippen molar-refractivity contribution in [2.75, 3.05) is 18.4 Å². The number of carbonyl (C=O) groups is 1. The second-order valence-electron chi connectivity index (χ2n) is 5.00. The van der Waals surface area contributed by atoms with E-state index in [2.05, 4.69) is 39.5 Å². The van der Waals surface area contributed by atoms with E-state index in [4.69, 9.17) is 0 Å². The van der Waals surface area contributed by atoms with Crippen LogP contribution in [0.4, 0.5) is 5.82 Å². The Hall–Kier alpha value is -2.18. The first kappa shape index (κ1) is 14.2. The van der Waals surface area contributed by atoms with Gasteiger partial charge in [-0.15, -0.1) is 0 Å². The number of aryl methyl sites for hydroxylation is 1. The first-order chi connectivity index (χ1) is 9.49. The number of nitrogens with zero attached hydrogens (tertiary/aromatic N) is 4. The molecule has 2 N–H and O–H groups in total. The molecular weight excluding hydrogens is 256 g/mol. The summed E-state index contributed by atoms with van der Waals surface area (Å²) in [6.07, 6.45) is 1.75. The van der Waals surface area contributed by atoms with E-state index < -0.39 is 0 Å². The zero-order valence-electron chi connectivity index (χ0n) is 12.3. The second-order valence-corrected chi connectivity index (χ2v) is 5.00. The number of nitrogens with one attached hydrogen (secondary N) is 2. The summed E-state index contributed by atoms with van der Waals surface area (Å²) in [5, 5.41) is 11.1. The van der Waals surface area contributed by atoms with Crippen LogP contribution in [0.25, 0.3) is 11.0 Å². The van der Waals surface area contributed by atoms with Crippen molar-refractivity contribution in [2.24, 2.45) is 7.05 Å². The third-order valence-electron chi connectivity index (χ3n) is 2.92. The highest BCUT2D eigenvalue weighted by molar-refractivity contribution is 5.86. The van der Waals surface area contributed by atoms with E-state index in [1.165, 1.54) is 6.92 Å². The minimum absolute atomic E-state index is 0.0381. The lowest BCUT2D eigenvalue weighted by Gasteiger charge is -2.10. The molecule has 2 heterocycles. The van der Waals surface area contributed by atoms with E-state index in [0.717, 1.165) is 22.7 Å². The van der Waals surface area contributed by atoms with Crippen molar-refractivity contribution in [1.82, 2.24) is 25.1 Å². The Balaban J connectivity index is 2.24. The number of amides is 1. The number of anilines is 1. The Morgan fingerprint density at radius 3 is 2.75 bits per heavy atom. The lowest BCUT2D eigenvalue weighted by atomic mass is 10.2. The van der Waals surface area contributed by atoms with E-state index in [-0.39, 0.29) is 11.8 Å². The van der Waals surface area contributed by atoms with Crippen LogP contribution >= 0.6 is 0 Å². The van der Waals surface area contributed by atoms with Gasteiger partial charge in [0.2, 0.25) is 5.91 Å². The molecule has 7 heteroatoms. The quantitative estimate of drug-likeness (QED) is 0.797. The van der Waals surface area contributed by atoms with Crippen LogP contribution in [-0.4, -0.2) is 38.7 Å². The zero-order chi connectivity index (χ0) is 14.7. The molecule has 2 aromatic heterocycles. The van der Waals surface area contributed by atoms with Crippen LogP contribution in [0.3, 0.4) is 0 Å². The number of fused-ring (bicyclic) bond motifs is 1. The fourth-order valence-corrected chi connectivity index (χ4v) is 1.85. The highest BCUT2D eigenvalue weighted by Gasteiger charge is 2.13. The predicted octanol–water partition coefficient (Wildman–Crippen LogP) is 1.03. The van der Waals surface area contributed by atoms with Crippen molar-refractivity contribution in [2.45, 2.75) is 26.7 Å². The summed E-state index contributed by atoms with van der Waals surface area (Å²) in [4.78, 5) is 19.9. The molecule has 0 radical (unpaired) electrons. The summed E-state index contributed by atoms with van der Waals surface area (Å²) in [6, 6.07) is 0. The Morgan fingerprint density at radius 2 is 2.10 bits per heavy atom. The maximum atomic E-state index is 10.8. The van der Waals surface area contributed by atoms with Gasteiger partial charge in [0.25, 0.3) is 0 Å². The minimum atomic E-state index is -0.0381. The number of carbonyl (C=O) groups excluding carboxylic acids is 1. The lowest BCUT2D eigenvalue weighted by molar-refractivity contribution is -0.118. The SMILES string of the molecule is CC(=O)NCCNc1nc(C(C)C)nc2c1cnn2C. The summed E-state index contributed by atoms with van der Waals surface area (Å²) in [7, 11) is 1.86. The molecule has 2 aromatic rings. The molecule has 2 rings (SSSR count). The van der Waals surface area contributed by atoms with Crippen LogP contribution in [0.1, 0.15) is 32.5 Å². The van der Waals surface area contributed by atoms with Gasteiger partial charge in [0.15, 0.2) is 5.65 Å². The fraction of sp³-hybridized carbons (Fsp3) is 0.538. The van der Waals surface area contributed by atoms with E-state index in [0.29, 0.717) is 13.1 Å². The number of rotatable bonds is 5. The Morgan fingerprint density at radius 1 is 1.35 bits per heavy atom. The molecule has 1 amide bonds. The molecule has 0 saturated carbocycles. The molecule has 0 aliphatic carbocycles. The fourth-order valence-electron chi connectivity index (χ4n) is 1.85. The van der Waals surface area contributed by atoms with Crippen molar-refractivity contribution in [3.63, 3.8) is 0 Å². The molecule has 0 unspecified atom stereocenters. The summed E-state index contributed by atoms with van der Waals surface area (Å²) < 4.78 is 1.74. The monoisotopic (exact) mass is 276 g/mol. The highest BCUT2D eigenvalue weighted by atomic mass is 16.1. The van der Waals surface area contributed by atoms with Crippen molar-refractivity contribution >= 4 is 22.8 Å². The molecule has 0 aromatic carbocycles. The average Bonchev–Trinajstić information content (AvgIpc) is 2.76. The summed E-state index contributed by atoms with van der Waals surface area (Å²) >= 11 is 0. The lowest BCUT2D eigenvalue weighted by Crippen LogP contribution is -2.26. The Kier molecular flexibility index (Phi) is 4.16. The van der Waals surface area contributed by atoms with Crippen LogP contribution < -0.4 is 10.6 Å². The summed E-state index contributed by atoms with van der Waals surface area (Å²) in [5.74, 6) is 1.74. The van der Waals surface area contributed by atoms with Gasteiger partial charge in [-0.2, -0.15) is 5.10 Å². The molecule has 0 saturated heterocycles. The molecule has 0 spiro atoms. The Bertz CT molecular complexity index is 619. The number of hydrogen-bond donors (Lipinski definition) is 2. The highest BCUT2D eigenvalue weighted by Crippen LogP contribution is 2.22. The zero-order valence-corrected chi connectivity index (χ0v) is 12.3. The molecular formula is C13H20N6O. The van der Waals surface area contributed by atoms with Gasteiger partial charge in [0.05, 0.1) is 11.6 Å². The predicted molar refractivity (Wildman–Crippen MR) is 77.6 cm³/mol. The average molecular weight is 276 g/mol. The molecule has 0 bridgehead atoms. The molecule has 20 heavy (non-hydrogen) atoms. The normalized spacial score (nSPS) is 11.1. The molecule has 0 atom stereocenters. The maximum absolute atomic E-state index is 10.8. The van der Waals surface area contributed by atoms with Crippen molar-refractivity contribution in [3.8, 4) is 0 Å². The van der Waals surface area contributed by atoms with Crippen LogP contribution in [0, 0.1) is 0 Å². The maximum Gasteiger partial charge on any atom is 0.216 e. The van der Waals surface area contributed by atoms with Gasteiger partial charge in [-0.25, -0.2) is 9.97 Å². The van der Waals surface area contributed by atoms with Gasteiger partial charge in [0.1, 0.15) is 11.6 Å². The van der Waals surface area contributed by atoms with Gasteiger partial charge in [-0.3, -0.25) is 9.48 Å². The van der Waals surface area contributed by atoms with Gasteiger partial charge in [0, 0.05) is 33.0 Å². The van der Waals surface area contributed by atoms with Crippen molar-refractivity contribution in [1.29, 1.82) is 0 Å². The third kappa shape index (κ3) is 3.04. The minimum Gasteiger partial charge on any atom is -0.368 e. The van der Waals surface area contributed by atoms with Crippen LogP contribution in [0.15, 0.2) is 6.20 Å². The van der Waals surface area contributed by atoms with Gasteiger partial charge >= 0.3 is 0 Å². The molecule has 108 valence electrons. The van der Waals surface area contributed by atoms with E-state index in [1.807, 2.05) is 7.05 Å². The van der Waals surface area contributed by atoms with Gasteiger partial charge < -0.3 is 10.6 Å².